The molecule has 1 amide bonds. The van der Waals surface area contributed by atoms with Crippen LogP contribution in [0.3, 0.4) is 0 Å². The SMILES string of the molecule is CN(C)S(=O)(=O)c1cc(C(=O)N2CCC[C@@H]2C(=O)O)ccc1Cl. The average Bonchev–Trinajstić information content (AvgIpc) is 2.96. The van der Waals surface area contributed by atoms with Crippen molar-refractivity contribution in [1.29, 1.82) is 0 Å². The lowest BCUT2D eigenvalue weighted by molar-refractivity contribution is -0.141. The van der Waals surface area contributed by atoms with E-state index in [0.717, 1.165) is 4.31 Å². The highest BCUT2D eigenvalue weighted by atomic mass is 35.5. The van der Waals surface area contributed by atoms with Crippen molar-refractivity contribution in [2.75, 3.05) is 20.6 Å². The second-order valence-electron chi connectivity index (χ2n) is 5.43. The third kappa shape index (κ3) is 3.34. The summed E-state index contributed by atoms with van der Waals surface area (Å²) in [6.45, 7) is 0.328. The van der Waals surface area contributed by atoms with Crippen LogP contribution in [0, 0.1) is 0 Å². The van der Waals surface area contributed by atoms with E-state index in [1.165, 1.54) is 37.2 Å². The number of nitrogens with zero attached hydrogens (tertiary/aromatic N) is 2. The van der Waals surface area contributed by atoms with Crippen LogP contribution in [-0.2, 0) is 14.8 Å². The number of rotatable bonds is 4. The highest BCUT2D eigenvalue weighted by Crippen LogP contribution is 2.27. The Morgan fingerprint density at radius 2 is 2.00 bits per heavy atom. The molecule has 1 saturated heterocycles. The van der Waals surface area contributed by atoms with Crippen molar-refractivity contribution in [3.05, 3.63) is 28.8 Å². The molecule has 0 aromatic heterocycles. The Morgan fingerprint density at radius 3 is 2.57 bits per heavy atom. The van der Waals surface area contributed by atoms with Gasteiger partial charge in [-0.1, -0.05) is 11.6 Å². The van der Waals surface area contributed by atoms with Gasteiger partial charge in [0.25, 0.3) is 5.91 Å². The molecule has 0 radical (unpaired) electrons. The molecule has 126 valence electrons. The number of carbonyl (C=O) groups is 2. The van der Waals surface area contributed by atoms with Crippen LogP contribution in [0.5, 0.6) is 0 Å². The van der Waals surface area contributed by atoms with Gasteiger partial charge in [0.1, 0.15) is 10.9 Å². The first-order chi connectivity index (χ1) is 10.7. The molecule has 0 bridgehead atoms. The van der Waals surface area contributed by atoms with Gasteiger partial charge in [-0.3, -0.25) is 4.79 Å². The van der Waals surface area contributed by atoms with Gasteiger partial charge in [0, 0.05) is 26.2 Å². The van der Waals surface area contributed by atoms with Crippen LogP contribution < -0.4 is 0 Å². The summed E-state index contributed by atoms with van der Waals surface area (Å²) in [6.07, 6.45) is 0.983. The van der Waals surface area contributed by atoms with E-state index in [1.807, 2.05) is 0 Å². The number of sulfonamides is 1. The van der Waals surface area contributed by atoms with E-state index in [0.29, 0.717) is 19.4 Å². The molecule has 1 aliphatic heterocycles. The summed E-state index contributed by atoms with van der Waals surface area (Å²) in [5.74, 6) is -1.58. The van der Waals surface area contributed by atoms with Crippen molar-refractivity contribution in [2.24, 2.45) is 0 Å². The third-order valence-corrected chi connectivity index (χ3v) is 6.03. The van der Waals surface area contributed by atoms with Crippen molar-refractivity contribution in [2.45, 2.75) is 23.8 Å². The van der Waals surface area contributed by atoms with E-state index in [9.17, 15) is 18.0 Å². The minimum absolute atomic E-state index is 0.00598. The van der Waals surface area contributed by atoms with Gasteiger partial charge in [0.2, 0.25) is 10.0 Å². The number of hydrogen-bond donors (Lipinski definition) is 1. The summed E-state index contributed by atoms with van der Waals surface area (Å²) in [7, 11) is -1.08. The number of likely N-dealkylation sites (tertiary alicyclic amines) is 1. The molecule has 1 atom stereocenters. The predicted molar refractivity (Wildman–Crippen MR) is 84.0 cm³/mol. The Balaban J connectivity index is 2.42. The number of hydrogen-bond acceptors (Lipinski definition) is 4. The van der Waals surface area contributed by atoms with Gasteiger partial charge in [-0.25, -0.2) is 17.5 Å². The molecule has 7 nitrogen and oxygen atoms in total. The van der Waals surface area contributed by atoms with E-state index in [-0.39, 0.29) is 15.5 Å². The number of amides is 1. The molecule has 1 aromatic carbocycles. The standard InChI is InChI=1S/C14H17ClN2O5S/c1-16(2)23(21,22)12-8-9(5-6-10(12)15)13(18)17-7-3-4-11(17)14(19)20/h5-6,8,11H,3-4,7H2,1-2H3,(H,19,20)/t11-/m1/s1. The van der Waals surface area contributed by atoms with Gasteiger partial charge in [-0.2, -0.15) is 0 Å². The molecule has 0 spiro atoms. The van der Waals surface area contributed by atoms with Crippen molar-refractivity contribution in [1.82, 2.24) is 9.21 Å². The summed E-state index contributed by atoms with van der Waals surface area (Å²) < 4.78 is 25.5. The molecule has 1 heterocycles. The Morgan fingerprint density at radius 1 is 1.35 bits per heavy atom. The number of aliphatic carboxylic acids is 1. The first kappa shape index (κ1) is 17.7. The summed E-state index contributed by atoms with van der Waals surface area (Å²) in [5.41, 5.74) is 0.1000. The van der Waals surface area contributed by atoms with E-state index in [1.54, 1.807) is 0 Å². The fraction of sp³-hybridized carbons (Fsp3) is 0.429. The Labute approximate surface area is 139 Å². The summed E-state index contributed by atoms with van der Waals surface area (Å²) in [6, 6.07) is 3.04. The van der Waals surface area contributed by atoms with Crippen LogP contribution >= 0.6 is 11.6 Å². The topological polar surface area (TPSA) is 95.0 Å². The van der Waals surface area contributed by atoms with E-state index in [2.05, 4.69) is 0 Å². The molecule has 1 N–H and O–H groups in total. The molecule has 1 aliphatic rings. The first-order valence-electron chi connectivity index (χ1n) is 6.92. The maximum absolute atomic E-state index is 12.5. The third-order valence-electron chi connectivity index (χ3n) is 3.74. The van der Waals surface area contributed by atoms with Crippen LogP contribution in [0.25, 0.3) is 0 Å². The number of carboxylic acid groups (broad SMARTS) is 1. The molecular weight excluding hydrogens is 344 g/mol. The largest absolute Gasteiger partial charge is 0.480 e. The fourth-order valence-corrected chi connectivity index (χ4v) is 3.86. The van der Waals surface area contributed by atoms with Crippen LogP contribution in [0.4, 0.5) is 0 Å². The molecule has 0 aliphatic carbocycles. The number of halogens is 1. The maximum atomic E-state index is 12.5. The number of carbonyl (C=O) groups excluding carboxylic acids is 1. The van der Waals surface area contributed by atoms with E-state index < -0.39 is 27.9 Å². The fourth-order valence-electron chi connectivity index (χ4n) is 2.46. The Kier molecular flexibility index (Phi) is 4.98. The van der Waals surface area contributed by atoms with Crippen molar-refractivity contribution in [3.8, 4) is 0 Å². The Bertz CT molecular complexity index is 748. The predicted octanol–water partition coefficient (Wildman–Crippen LogP) is 1.28. The van der Waals surface area contributed by atoms with Gasteiger partial charge >= 0.3 is 5.97 Å². The quantitative estimate of drug-likeness (QED) is 0.872. The second-order valence-corrected chi connectivity index (χ2v) is 7.95. The van der Waals surface area contributed by atoms with Gasteiger partial charge in [-0.15, -0.1) is 0 Å². The number of benzene rings is 1. The Hall–Kier alpha value is -1.64. The smallest absolute Gasteiger partial charge is 0.326 e. The summed E-state index contributed by atoms with van der Waals surface area (Å²) in [4.78, 5) is 24.8. The highest BCUT2D eigenvalue weighted by molar-refractivity contribution is 7.89. The van der Waals surface area contributed by atoms with Crippen molar-refractivity contribution >= 4 is 33.5 Å². The molecule has 1 fully saturated rings. The van der Waals surface area contributed by atoms with Crippen LogP contribution in [0.15, 0.2) is 23.1 Å². The van der Waals surface area contributed by atoms with Crippen molar-refractivity contribution < 1.29 is 23.1 Å². The number of carboxylic acids is 1. The minimum Gasteiger partial charge on any atom is -0.480 e. The lowest BCUT2D eigenvalue weighted by Crippen LogP contribution is -2.40. The molecule has 0 saturated carbocycles. The zero-order valence-electron chi connectivity index (χ0n) is 12.7. The normalized spacial score (nSPS) is 18.4. The van der Waals surface area contributed by atoms with Crippen LogP contribution in [0.2, 0.25) is 5.02 Å². The average molecular weight is 361 g/mol. The zero-order chi connectivity index (χ0) is 17.4. The molecule has 23 heavy (non-hydrogen) atoms. The summed E-state index contributed by atoms with van der Waals surface area (Å²) in [5, 5.41) is 9.17. The molecule has 2 rings (SSSR count). The zero-order valence-corrected chi connectivity index (χ0v) is 14.3. The molecular formula is C14H17ClN2O5S. The maximum Gasteiger partial charge on any atom is 0.326 e. The lowest BCUT2D eigenvalue weighted by atomic mass is 10.1. The van der Waals surface area contributed by atoms with Crippen molar-refractivity contribution in [3.63, 3.8) is 0 Å². The van der Waals surface area contributed by atoms with E-state index in [4.69, 9.17) is 16.7 Å². The highest BCUT2D eigenvalue weighted by Gasteiger charge is 2.35. The van der Waals surface area contributed by atoms with Gasteiger partial charge in [0.05, 0.1) is 5.02 Å². The molecule has 1 aromatic rings. The first-order valence-corrected chi connectivity index (χ1v) is 8.74. The van der Waals surface area contributed by atoms with Gasteiger partial charge in [0.15, 0.2) is 0 Å². The molecule has 0 unspecified atom stereocenters. The summed E-state index contributed by atoms with van der Waals surface area (Å²) >= 11 is 5.94. The van der Waals surface area contributed by atoms with Crippen LogP contribution in [0.1, 0.15) is 23.2 Å². The van der Waals surface area contributed by atoms with E-state index >= 15 is 0 Å². The molecule has 9 heteroatoms. The monoisotopic (exact) mass is 360 g/mol. The minimum atomic E-state index is -3.80. The van der Waals surface area contributed by atoms with Gasteiger partial charge < -0.3 is 10.0 Å². The second kappa shape index (κ2) is 6.46. The lowest BCUT2D eigenvalue weighted by Gasteiger charge is -2.22. The van der Waals surface area contributed by atoms with Crippen LogP contribution in [-0.4, -0.2) is 61.3 Å². The van der Waals surface area contributed by atoms with Gasteiger partial charge in [-0.05, 0) is 31.0 Å².